The molecule has 0 bridgehead atoms. The molecule has 1 aromatic rings. The minimum Gasteiger partial charge on any atom is -0.481 e. The zero-order chi connectivity index (χ0) is 15.4. The third-order valence-corrected chi connectivity index (χ3v) is 4.68. The Balaban J connectivity index is 2.00. The van der Waals surface area contributed by atoms with Crippen LogP contribution in [-0.4, -0.2) is 30.0 Å². The number of amides is 1. The Hall–Kier alpha value is -1.51. The molecule has 1 saturated carbocycles. The van der Waals surface area contributed by atoms with Crippen LogP contribution in [0.5, 0.6) is 5.75 Å². The summed E-state index contributed by atoms with van der Waals surface area (Å²) in [4.78, 5) is 14.4. The fourth-order valence-electron chi connectivity index (χ4n) is 3.03. The SMILES string of the molecule is Cc1cccc(O[C@H](C)C(=O)N(C)C2CCCCC2)c1C. The first-order valence-corrected chi connectivity index (χ1v) is 8.00. The van der Waals surface area contributed by atoms with E-state index in [9.17, 15) is 4.79 Å². The first kappa shape index (κ1) is 15.9. The highest BCUT2D eigenvalue weighted by atomic mass is 16.5. The molecule has 1 aliphatic carbocycles. The Bertz CT molecular complexity index is 492. The molecule has 1 amide bonds. The van der Waals surface area contributed by atoms with Gasteiger partial charge in [0.2, 0.25) is 0 Å². The van der Waals surface area contributed by atoms with Gasteiger partial charge >= 0.3 is 0 Å². The largest absolute Gasteiger partial charge is 0.481 e. The van der Waals surface area contributed by atoms with Gasteiger partial charge in [-0.3, -0.25) is 4.79 Å². The van der Waals surface area contributed by atoms with Gasteiger partial charge in [-0.1, -0.05) is 31.4 Å². The average Bonchev–Trinajstić information content (AvgIpc) is 2.51. The topological polar surface area (TPSA) is 29.5 Å². The second-order valence-corrected chi connectivity index (χ2v) is 6.20. The number of hydrogen-bond acceptors (Lipinski definition) is 2. The van der Waals surface area contributed by atoms with Crippen molar-refractivity contribution in [2.45, 2.75) is 65.0 Å². The van der Waals surface area contributed by atoms with Crippen molar-refractivity contribution in [2.75, 3.05) is 7.05 Å². The van der Waals surface area contributed by atoms with Crippen LogP contribution in [-0.2, 0) is 4.79 Å². The number of likely N-dealkylation sites (N-methyl/N-ethyl adjacent to an activating group) is 1. The van der Waals surface area contributed by atoms with Crippen molar-refractivity contribution in [3.05, 3.63) is 29.3 Å². The van der Waals surface area contributed by atoms with Crippen molar-refractivity contribution in [1.82, 2.24) is 4.90 Å². The summed E-state index contributed by atoms with van der Waals surface area (Å²) < 4.78 is 5.91. The second kappa shape index (κ2) is 6.97. The molecule has 3 nitrogen and oxygen atoms in total. The van der Waals surface area contributed by atoms with E-state index in [1.165, 1.54) is 24.8 Å². The van der Waals surface area contributed by atoms with E-state index < -0.39 is 6.10 Å². The van der Waals surface area contributed by atoms with Gasteiger partial charge in [-0.2, -0.15) is 0 Å². The number of ether oxygens (including phenoxy) is 1. The normalized spacial score (nSPS) is 17.3. The smallest absolute Gasteiger partial charge is 0.263 e. The van der Waals surface area contributed by atoms with E-state index in [4.69, 9.17) is 4.74 Å². The maximum absolute atomic E-state index is 12.5. The molecule has 1 aromatic carbocycles. The molecule has 1 fully saturated rings. The molecular formula is C18H27NO2. The summed E-state index contributed by atoms with van der Waals surface area (Å²) in [5.74, 6) is 0.899. The van der Waals surface area contributed by atoms with Crippen molar-refractivity contribution in [2.24, 2.45) is 0 Å². The summed E-state index contributed by atoms with van der Waals surface area (Å²) in [6, 6.07) is 6.35. The lowest BCUT2D eigenvalue weighted by molar-refractivity contribution is -0.139. The van der Waals surface area contributed by atoms with Crippen LogP contribution in [0, 0.1) is 13.8 Å². The first-order chi connectivity index (χ1) is 10.0. The van der Waals surface area contributed by atoms with Crippen LogP contribution >= 0.6 is 0 Å². The molecule has 3 heteroatoms. The number of carbonyl (C=O) groups excluding carboxylic acids is 1. The van der Waals surface area contributed by atoms with Crippen LogP contribution in [0.3, 0.4) is 0 Å². The summed E-state index contributed by atoms with van der Waals surface area (Å²) >= 11 is 0. The summed E-state index contributed by atoms with van der Waals surface area (Å²) in [5.41, 5.74) is 2.30. The Labute approximate surface area is 128 Å². The van der Waals surface area contributed by atoms with Crippen LogP contribution in [0.1, 0.15) is 50.2 Å². The number of rotatable bonds is 4. The lowest BCUT2D eigenvalue weighted by Crippen LogP contribution is -2.44. The van der Waals surface area contributed by atoms with Gasteiger partial charge in [0.15, 0.2) is 6.10 Å². The molecule has 0 radical (unpaired) electrons. The van der Waals surface area contributed by atoms with Gasteiger partial charge in [-0.05, 0) is 50.8 Å². The molecule has 0 N–H and O–H groups in total. The lowest BCUT2D eigenvalue weighted by Gasteiger charge is -2.33. The first-order valence-electron chi connectivity index (χ1n) is 8.00. The molecule has 21 heavy (non-hydrogen) atoms. The van der Waals surface area contributed by atoms with E-state index in [2.05, 4.69) is 13.0 Å². The van der Waals surface area contributed by atoms with Gasteiger partial charge in [0.1, 0.15) is 5.75 Å². The van der Waals surface area contributed by atoms with E-state index >= 15 is 0 Å². The Morgan fingerprint density at radius 1 is 1.24 bits per heavy atom. The molecule has 1 aliphatic rings. The monoisotopic (exact) mass is 289 g/mol. The van der Waals surface area contributed by atoms with Gasteiger partial charge in [-0.25, -0.2) is 0 Å². The zero-order valence-corrected chi connectivity index (χ0v) is 13.7. The highest BCUT2D eigenvalue weighted by Crippen LogP contribution is 2.24. The molecule has 0 aliphatic heterocycles. The van der Waals surface area contributed by atoms with Gasteiger partial charge in [0.25, 0.3) is 5.91 Å². The van der Waals surface area contributed by atoms with Crippen LogP contribution in [0.25, 0.3) is 0 Å². The van der Waals surface area contributed by atoms with Crippen molar-refractivity contribution >= 4 is 5.91 Å². The fraction of sp³-hybridized carbons (Fsp3) is 0.611. The number of hydrogen-bond donors (Lipinski definition) is 0. The molecule has 1 atom stereocenters. The minimum atomic E-state index is -0.433. The third kappa shape index (κ3) is 3.78. The molecule has 0 saturated heterocycles. The minimum absolute atomic E-state index is 0.0859. The Kier molecular flexibility index (Phi) is 5.27. The average molecular weight is 289 g/mol. The Morgan fingerprint density at radius 2 is 1.90 bits per heavy atom. The summed E-state index contributed by atoms with van der Waals surface area (Å²) in [7, 11) is 1.92. The van der Waals surface area contributed by atoms with Gasteiger partial charge in [0.05, 0.1) is 0 Å². The number of carbonyl (C=O) groups is 1. The third-order valence-electron chi connectivity index (χ3n) is 4.68. The fourth-order valence-corrected chi connectivity index (χ4v) is 3.03. The number of benzene rings is 1. The predicted molar refractivity (Wildman–Crippen MR) is 85.6 cm³/mol. The Morgan fingerprint density at radius 3 is 2.57 bits per heavy atom. The van der Waals surface area contributed by atoms with Crippen LogP contribution < -0.4 is 4.74 Å². The summed E-state index contributed by atoms with van der Waals surface area (Å²) in [6.45, 7) is 5.94. The van der Waals surface area contributed by atoms with Crippen LogP contribution in [0.4, 0.5) is 0 Å². The summed E-state index contributed by atoms with van der Waals surface area (Å²) in [5, 5.41) is 0. The standard InChI is InChI=1S/C18H27NO2/c1-13-9-8-12-17(14(13)2)21-15(3)18(20)19(4)16-10-6-5-7-11-16/h8-9,12,15-16H,5-7,10-11H2,1-4H3/t15-/m1/s1. The van der Waals surface area contributed by atoms with E-state index in [0.29, 0.717) is 6.04 Å². The van der Waals surface area contributed by atoms with Gasteiger partial charge in [0, 0.05) is 13.1 Å². The molecule has 2 rings (SSSR count). The van der Waals surface area contributed by atoms with Crippen molar-refractivity contribution < 1.29 is 9.53 Å². The molecule has 0 heterocycles. The van der Waals surface area contributed by atoms with E-state index in [1.54, 1.807) is 0 Å². The number of nitrogens with zero attached hydrogens (tertiary/aromatic N) is 1. The molecule has 116 valence electrons. The van der Waals surface area contributed by atoms with Crippen LogP contribution in [0.2, 0.25) is 0 Å². The molecule has 0 aromatic heterocycles. The molecule has 0 unspecified atom stereocenters. The highest BCUT2D eigenvalue weighted by Gasteiger charge is 2.26. The molecular weight excluding hydrogens is 262 g/mol. The van der Waals surface area contributed by atoms with Crippen molar-refractivity contribution in [3.8, 4) is 5.75 Å². The summed E-state index contributed by atoms with van der Waals surface area (Å²) in [6.07, 6.45) is 5.57. The molecule has 0 spiro atoms. The van der Waals surface area contributed by atoms with E-state index in [1.807, 2.05) is 37.9 Å². The maximum atomic E-state index is 12.5. The van der Waals surface area contributed by atoms with E-state index in [0.717, 1.165) is 24.2 Å². The van der Waals surface area contributed by atoms with Crippen molar-refractivity contribution in [1.29, 1.82) is 0 Å². The van der Waals surface area contributed by atoms with E-state index in [-0.39, 0.29) is 5.91 Å². The van der Waals surface area contributed by atoms with Gasteiger partial charge in [-0.15, -0.1) is 0 Å². The zero-order valence-electron chi connectivity index (χ0n) is 13.7. The highest BCUT2D eigenvalue weighted by molar-refractivity contribution is 5.81. The predicted octanol–water partition coefficient (Wildman–Crippen LogP) is 3.86. The maximum Gasteiger partial charge on any atom is 0.263 e. The second-order valence-electron chi connectivity index (χ2n) is 6.20. The van der Waals surface area contributed by atoms with Crippen molar-refractivity contribution in [3.63, 3.8) is 0 Å². The number of aryl methyl sites for hydroxylation is 1. The quantitative estimate of drug-likeness (QED) is 0.842. The lowest BCUT2D eigenvalue weighted by atomic mass is 9.94. The van der Waals surface area contributed by atoms with Crippen LogP contribution in [0.15, 0.2) is 18.2 Å². The van der Waals surface area contributed by atoms with Gasteiger partial charge < -0.3 is 9.64 Å².